The van der Waals surface area contributed by atoms with Crippen LogP contribution in [0.1, 0.15) is 78.8 Å². The molecule has 0 aliphatic rings. The Morgan fingerprint density at radius 2 is 0.914 bits per heavy atom. The van der Waals surface area contributed by atoms with Gasteiger partial charge in [0.15, 0.2) is 0 Å². The van der Waals surface area contributed by atoms with Crippen molar-refractivity contribution in [3.8, 4) is 0 Å². The summed E-state index contributed by atoms with van der Waals surface area (Å²) in [6.07, 6.45) is 6.95. The minimum Gasteiger partial charge on any atom is -0.309 e. The molecule has 0 radical (unpaired) electrons. The zero-order chi connectivity index (χ0) is 24.9. The number of hydrogen-bond donors (Lipinski definition) is 1. The van der Waals surface area contributed by atoms with Crippen LogP contribution >= 0.6 is 0 Å². The summed E-state index contributed by atoms with van der Waals surface area (Å²) in [6.45, 7) is 3.48. The molecule has 1 nitrogen and oxygen atoms in total. The predicted molar refractivity (Wildman–Crippen MR) is 139 cm³/mol. The van der Waals surface area contributed by atoms with Crippen LogP contribution in [0, 0.1) is 0 Å². The lowest BCUT2D eigenvalue weighted by Crippen LogP contribution is -2.13. The highest BCUT2D eigenvalue weighted by molar-refractivity contribution is 5.27. The molecule has 4 heteroatoms. The van der Waals surface area contributed by atoms with Gasteiger partial charge < -0.3 is 5.32 Å². The molecule has 0 bridgehead atoms. The van der Waals surface area contributed by atoms with Crippen molar-refractivity contribution in [3.05, 3.63) is 106 Å². The first-order valence-corrected chi connectivity index (χ1v) is 13.0. The summed E-state index contributed by atoms with van der Waals surface area (Å²) in [6, 6.07) is 23.0. The monoisotopic (exact) mass is 481 g/mol. The quantitative estimate of drug-likeness (QED) is 0.227. The smallest absolute Gasteiger partial charge is 0.309 e. The van der Waals surface area contributed by atoms with Crippen LogP contribution in [-0.4, -0.2) is 0 Å². The summed E-state index contributed by atoms with van der Waals surface area (Å²) < 4.78 is 38.0. The Morgan fingerprint density at radius 1 is 0.514 bits per heavy atom. The fraction of sp³-hybridized carbons (Fsp3) is 0.419. The molecule has 188 valence electrons. The topological polar surface area (TPSA) is 12.0 Å². The van der Waals surface area contributed by atoms with Crippen LogP contribution < -0.4 is 5.32 Å². The lowest BCUT2D eigenvalue weighted by molar-refractivity contribution is -0.137. The van der Waals surface area contributed by atoms with Gasteiger partial charge >= 0.3 is 6.18 Å². The first-order valence-electron chi connectivity index (χ1n) is 13.0. The van der Waals surface area contributed by atoms with Crippen molar-refractivity contribution in [1.82, 2.24) is 5.32 Å². The molecule has 0 atom stereocenters. The first-order chi connectivity index (χ1) is 16.9. The maximum Gasteiger partial charge on any atom is 0.416 e. The molecule has 3 aromatic carbocycles. The van der Waals surface area contributed by atoms with Crippen molar-refractivity contribution in [2.75, 3.05) is 0 Å². The molecule has 0 fully saturated rings. The SMILES string of the molecule is CCCCCCCCc1ccc(CCc2ccc(CNCc3ccc(C(F)(F)F)cc3)cc2)cc1. The second-order valence-corrected chi connectivity index (χ2v) is 9.45. The Balaban J connectivity index is 1.35. The van der Waals surface area contributed by atoms with Crippen molar-refractivity contribution in [3.63, 3.8) is 0 Å². The zero-order valence-corrected chi connectivity index (χ0v) is 20.8. The molecule has 0 unspecified atom stereocenters. The van der Waals surface area contributed by atoms with Crippen LogP contribution in [0.5, 0.6) is 0 Å². The molecule has 0 heterocycles. The van der Waals surface area contributed by atoms with Crippen LogP contribution in [0.3, 0.4) is 0 Å². The van der Waals surface area contributed by atoms with Crippen molar-refractivity contribution in [2.24, 2.45) is 0 Å². The maximum atomic E-state index is 12.7. The molecule has 0 amide bonds. The van der Waals surface area contributed by atoms with Gasteiger partial charge in [0.05, 0.1) is 5.56 Å². The van der Waals surface area contributed by atoms with E-state index >= 15 is 0 Å². The van der Waals surface area contributed by atoms with Gasteiger partial charge in [-0.15, -0.1) is 0 Å². The van der Waals surface area contributed by atoms with E-state index in [0.717, 1.165) is 30.5 Å². The highest BCUT2D eigenvalue weighted by Crippen LogP contribution is 2.29. The Hall–Kier alpha value is -2.59. The van der Waals surface area contributed by atoms with Crippen molar-refractivity contribution >= 4 is 0 Å². The summed E-state index contributed by atoms with van der Waals surface area (Å²) in [5, 5.41) is 3.30. The van der Waals surface area contributed by atoms with Crippen LogP contribution in [0.15, 0.2) is 72.8 Å². The number of unbranched alkanes of at least 4 members (excludes halogenated alkanes) is 5. The molecule has 0 aliphatic carbocycles. The third kappa shape index (κ3) is 9.89. The molecule has 3 aromatic rings. The van der Waals surface area contributed by atoms with Gasteiger partial charge in [0.25, 0.3) is 0 Å². The van der Waals surface area contributed by atoms with Gasteiger partial charge in [0.1, 0.15) is 0 Å². The van der Waals surface area contributed by atoms with E-state index in [1.807, 2.05) is 0 Å². The Labute approximate surface area is 208 Å². The fourth-order valence-corrected chi connectivity index (χ4v) is 4.26. The average Bonchev–Trinajstić information content (AvgIpc) is 2.86. The van der Waals surface area contributed by atoms with Gasteiger partial charge in [-0.3, -0.25) is 0 Å². The Morgan fingerprint density at radius 3 is 1.40 bits per heavy atom. The highest BCUT2D eigenvalue weighted by atomic mass is 19.4. The normalized spacial score (nSPS) is 11.7. The zero-order valence-electron chi connectivity index (χ0n) is 20.8. The number of halogens is 3. The summed E-state index contributed by atoms with van der Waals surface area (Å²) >= 11 is 0. The average molecular weight is 482 g/mol. The Kier molecular flexibility index (Phi) is 10.9. The fourth-order valence-electron chi connectivity index (χ4n) is 4.26. The highest BCUT2D eigenvalue weighted by Gasteiger charge is 2.29. The van der Waals surface area contributed by atoms with E-state index in [0.29, 0.717) is 13.1 Å². The molecule has 0 spiro atoms. The molecule has 0 saturated carbocycles. The second-order valence-electron chi connectivity index (χ2n) is 9.45. The lowest BCUT2D eigenvalue weighted by Gasteiger charge is -2.09. The number of alkyl halides is 3. The summed E-state index contributed by atoms with van der Waals surface area (Å²) in [7, 11) is 0. The summed E-state index contributed by atoms with van der Waals surface area (Å²) in [5.74, 6) is 0. The largest absolute Gasteiger partial charge is 0.416 e. The number of aryl methyl sites for hydroxylation is 3. The molecular formula is C31H38F3N. The van der Waals surface area contributed by atoms with E-state index in [2.05, 4.69) is 60.8 Å². The molecular weight excluding hydrogens is 443 g/mol. The van der Waals surface area contributed by atoms with Crippen LogP contribution in [-0.2, 0) is 38.5 Å². The summed E-state index contributed by atoms with van der Waals surface area (Å²) in [5.41, 5.74) is 5.53. The molecule has 35 heavy (non-hydrogen) atoms. The Bertz CT molecular complexity index is 974. The van der Waals surface area contributed by atoms with E-state index in [-0.39, 0.29) is 0 Å². The van der Waals surface area contributed by atoms with E-state index in [9.17, 15) is 13.2 Å². The summed E-state index contributed by atoms with van der Waals surface area (Å²) in [4.78, 5) is 0. The van der Waals surface area contributed by atoms with Gasteiger partial charge in [-0.05, 0) is 65.6 Å². The molecule has 3 rings (SSSR count). The van der Waals surface area contributed by atoms with Gasteiger partial charge in [-0.25, -0.2) is 0 Å². The molecule has 0 saturated heterocycles. The third-order valence-electron chi connectivity index (χ3n) is 6.51. The predicted octanol–water partition coefficient (Wildman–Crippen LogP) is 8.68. The van der Waals surface area contributed by atoms with Gasteiger partial charge in [0.2, 0.25) is 0 Å². The number of benzene rings is 3. The van der Waals surface area contributed by atoms with Crippen molar-refractivity contribution in [2.45, 2.75) is 84.0 Å². The van der Waals surface area contributed by atoms with Crippen molar-refractivity contribution < 1.29 is 13.2 Å². The van der Waals surface area contributed by atoms with E-state index in [1.54, 1.807) is 0 Å². The number of rotatable bonds is 14. The standard InChI is InChI=1S/C31H38F3N/c1-2-3-4-5-6-7-8-25-9-11-26(12-10-25)13-14-27-15-17-28(18-16-27)23-35-24-29-19-21-30(22-20-29)31(32,33)34/h9-12,15-22,35H,2-8,13-14,23-24H2,1H3. The van der Waals surface area contributed by atoms with E-state index < -0.39 is 11.7 Å². The first kappa shape index (κ1) is 27.0. The van der Waals surface area contributed by atoms with Gasteiger partial charge in [0, 0.05) is 13.1 Å². The maximum absolute atomic E-state index is 12.7. The van der Waals surface area contributed by atoms with Crippen LogP contribution in [0.25, 0.3) is 0 Å². The van der Waals surface area contributed by atoms with E-state index in [1.165, 1.54) is 79.3 Å². The van der Waals surface area contributed by atoms with E-state index in [4.69, 9.17) is 0 Å². The minimum absolute atomic E-state index is 0.536. The molecule has 0 aliphatic heterocycles. The molecule has 0 aromatic heterocycles. The molecule has 1 N–H and O–H groups in total. The second kappa shape index (κ2) is 14.1. The van der Waals surface area contributed by atoms with Crippen molar-refractivity contribution in [1.29, 1.82) is 0 Å². The minimum atomic E-state index is -4.29. The number of hydrogen-bond acceptors (Lipinski definition) is 1. The van der Waals surface area contributed by atoms with Crippen LogP contribution in [0.4, 0.5) is 13.2 Å². The lowest BCUT2D eigenvalue weighted by atomic mass is 10.00. The number of nitrogens with one attached hydrogen (secondary N) is 1. The van der Waals surface area contributed by atoms with Gasteiger partial charge in [-0.1, -0.05) is 99.7 Å². The van der Waals surface area contributed by atoms with Crippen LogP contribution in [0.2, 0.25) is 0 Å². The third-order valence-corrected chi connectivity index (χ3v) is 6.51. The van der Waals surface area contributed by atoms with Gasteiger partial charge in [-0.2, -0.15) is 13.2 Å².